The molecule has 0 aromatic carbocycles. The standard InChI is InChI=1S/C13H19N3O4S/c1-5-13(3,11(18)19)6-14-9(17)8-7(2)15-12(20)16-10(8)21-4/h5-6H2,1-4H3,(H,14,17)(H,18,19)(H,15,16,20). The molecule has 1 atom stereocenters. The van der Waals surface area contributed by atoms with E-state index in [1.54, 1.807) is 27.0 Å². The molecule has 1 aromatic heterocycles. The summed E-state index contributed by atoms with van der Waals surface area (Å²) in [6.45, 7) is 4.93. The quantitative estimate of drug-likeness (QED) is 0.534. The van der Waals surface area contributed by atoms with Gasteiger partial charge >= 0.3 is 11.7 Å². The molecule has 0 saturated heterocycles. The summed E-state index contributed by atoms with van der Waals surface area (Å²) in [7, 11) is 0. The molecular weight excluding hydrogens is 294 g/mol. The van der Waals surface area contributed by atoms with Crippen LogP contribution >= 0.6 is 11.8 Å². The van der Waals surface area contributed by atoms with Crippen LogP contribution in [-0.2, 0) is 4.79 Å². The molecule has 0 aliphatic heterocycles. The maximum absolute atomic E-state index is 12.3. The molecule has 21 heavy (non-hydrogen) atoms. The molecule has 0 radical (unpaired) electrons. The number of aromatic nitrogens is 2. The third kappa shape index (κ3) is 3.84. The van der Waals surface area contributed by atoms with Crippen LogP contribution in [0.2, 0.25) is 0 Å². The monoisotopic (exact) mass is 313 g/mol. The first-order valence-corrected chi connectivity index (χ1v) is 7.64. The largest absolute Gasteiger partial charge is 0.481 e. The molecule has 0 aliphatic rings. The van der Waals surface area contributed by atoms with Crippen molar-refractivity contribution >= 4 is 23.6 Å². The number of H-pyrrole nitrogens is 1. The first kappa shape index (κ1) is 17.2. The van der Waals surface area contributed by atoms with Gasteiger partial charge in [-0.1, -0.05) is 6.92 Å². The van der Waals surface area contributed by atoms with Crippen LogP contribution < -0.4 is 11.0 Å². The Morgan fingerprint density at radius 3 is 2.57 bits per heavy atom. The van der Waals surface area contributed by atoms with Crippen molar-refractivity contribution in [2.75, 3.05) is 12.8 Å². The van der Waals surface area contributed by atoms with Crippen molar-refractivity contribution in [2.24, 2.45) is 5.41 Å². The number of hydrogen-bond acceptors (Lipinski definition) is 5. The Morgan fingerprint density at radius 2 is 2.10 bits per heavy atom. The van der Waals surface area contributed by atoms with Gasteiger partial charge in [0.05, 0.1) is 11.0 Å². The number of carboxylic acid groups (broad SMARTS) is 1. The summed E-state index contributed by atoms with van der Waals surface area (Å²) in [4.78, 5) is 41.0. The summed E-state index contributed by atoms with van der Waals surface area (Å²) in [6.07, 6.45) is 2.10. The lowest BCUT2D eigenvalue weighted by Crippen LogP contribution is -2.41. The van der Waals surface area contributed by atoms with Gasteiger partial charge in [0.25, 0.3) is 5.91 Å². The Balaban J connectivity index is 3.01. The van der Waals surface area contributed by atoms with E-state index in [9.17, 15) is 19.5 Å². The van der Waals surface area contributed by atoms with Crippen LogP contribution in [0.1, 0.15) is 36.3 Å². The number of hydrogen-bond donors (Lipinski definition) is 3. The summed E-state index contributed by atoms with van der Waals surface area (Å²) in [5.41, 5.74) is -0.868. The number of amides is 1. The Labute approximate surface area is 126 Å². The molecule has 0 saturated carbocycles. The highest BCUT2D eigenvalue weighted by Gasteiger charge is 2.32. The van der Waals surface area contributed by atoms with Gasteiger partial charge in [0.15, 0.2) is 0 Å². The topological polar surface area (TPSA) is 112 Å². The minimum Gasteiger partial charge on any atom is -0.481 e. The minimum atomic E-state index is -1.03. The van der Waals surface area contributed by atoms with Gasteiger partial charge in [0.1, 0.15) is 5.03 Å². The fourth-order valence-corrected chi connectivity index (χ4v) is 2.31. The summed E-state index contributed by atoms with van der Waals surface area (Å²) in [5, 5.41) is 12.1. The van der Waals surface area contributed by atoms with Gasteiger partial charge in [-0.05, 0) is 26.5 Å². The van der Waals surface area contributed by atoms with Gasteiger partial charge in [-0.3, -0.25) is 9.59 Å². The second-order valence-corrected chi connectivity index (χ2v) is 5.75. The number of aliphatic carboxylic acids is 1. The lowest BCUT2D eigenvalue weighted by atomic mass is 9.87. The number of carboxylic acids is 1. The molecule has 1 unspecified atom stereocenters. The van der Waals surface area contributed by atoms with Crippen molar-refractivity contribution in [1.29, 1.82) is 0 Å². The smallest absolute Gasteiger partial charge is 0.346 e. The van der Waals surface area contributed by atoms with E-state index in [4.69, 9.17) is 0 Å². The SMILES string of the molecule is CCC(C)(CNC(=O)c1c(SC)nc(=O)[nH]c1C)C(=O)O. The van der Waals surface area contributed by atoms with Crippen molar-refractivity contribution < 1.29 is 14.7 Å². The Bertz CT molecular complexity index is 614. The fourth-order valence-electron chi connectivity index (χ4n) is 1.69. The number of carbonyl (C=O) groups is 2. The molecule has 0 aliphatic carbocycles. The zero-order chi connectivity index (χ0) is 16.2. The van der Waals surface area contributed by atoms with E-state index in [-0.39, 0.29) is 12.1 Å². The number of nitrogens with one attached hydrogen (secondary N) is 2. The van der Waals surface area contributed by atoms with Crippen molar-refractivity contribution in [3.8, 4) is 0 Å². The van der Waals surface area contributed by atoms with Crippen LogP contribution in [0.3, 0.4) is 0 Å². The number of thioether (sulfide) groups is 1. The van der Waals surface area contributed by atoms with Crippen LogP contribution in [0.4, 0.5) is 0 Å². The molecule has 1 amide bonds. The molecule has 7 nitrogen and oxygen atoms in total. The van der Waals surface area contributed by atoms with Gasteiger partial charge in [-0.25, -0.2) is 4.79 Å². The summed E-state index contributed by atoms with van der Waals surface area (Å²) in [6, 6.07) is 0. The van der Waals surface area contributed by atoms with Crippen molar-refractivity contribution in [2.45, 2.75) is 32.2 Å². The summed E-state index contributed by atoms with van der Waals surface area (Å²) in [5.74, 6) is -1.41. The molecule has 1 heterocycles. The molecule has 0 fully saturated rings. The van der Waals surface area contributed by atoms with E-state index in [2.05, 4.69) is 15.3 Å². The maximum atomic E-state index is 12.3. The molecule has 116 valence electrons. The highest BCUT2D eigenvalue weighted by atomic mass is 32.2. The predicted molar refractivity (Wildman–Crippen MR) is 79.7 cm³/mol. The predicted octanol–water partition coefficient (Wildman–Crippen LogP) is 1.03. The van der Waals surface area contributed by atoms with Crippen LogP contribution in [-0.4, -0.2) is 39.8 Å². The number of aryl methyl sites for hydroxylation is 1. The van der Waals surface area contributed by atoms with E-state index in [1.807, 2.05) is 0 Å². The second kappa shape index (κ2) is 6.75. The maximum Gasteiger partial charge on any atom is 0.346 e. The van der Waals surface area contributed by atoms with E-state index < -0.39 is 23.0 Å². The normalized spacial score (nSPS) is 13.5. The van der Waals surface area contributed by atoms with Gasteiger partial charge in [0, 0.05) is 12.2 Å². The van der Waals surface area contributed by atoms with E-state index >= 15 is 0 Å². The molecular formula is C13H19N3O4S. The third-order valence-corrected chi connectivity index (χ3v) is 4.12. The number of nitrogens with zero attached hydrogens (tertiary/aromatic N) is 1. The molecule has 0 bridgehead atoms. The Morgan fingerprint density at radius 1 is 1.48 bits per heavy atom. The van der Waals surface area contributed by atoms with Crippen molar-refractivity contribution in [1.82, 2.24) is 15.3 Å². The molecule has 3 N–H and O–H groups in total. The minimum absolute atomic E-state index is 0.00402. The first-order chi connectivity index (χ1) is 9.75. The zero-order valence-corrected chi connectivity index (χ0v) is 13.3. The average Bonchev–Trinajstić information content (AvgIpc) is 2.43. The zero-order valence-electron chi connectivity index (χ0n) is 12.4. The lowest BCUT2D eigenvalue weighted by molar-refractivity contribution is -0.147. The van der Waals surface area contributed by atoms with Gasteiger partial charge < -0.3 is 15.4 Å². The molecule has 1 rings (SSSR count). The first-order valence-electron chi connectivity index (χ1n) is 6.41. The number of aromatic amines is 1. The lowest BCUT2D eigenvalue weighted by Gasteiger charge is -2.23. The van der Waals surface area contributed by atoms with E-state index in [1.165, 1.54) is 11.8 Å². The van der Waals surface area contributed by atoms with Crippen LogP contribution in [0.25, 0.3) is 0 Å². The number of carbonyl (C=O) groups excluding carboxylic acids is 1. The Kier molecular flexibility index (Phi) is 5.54. The van der Waals surface area contributed by atoms with Gasteiger partial charge in [-0.15, -0.1) is 11.8 Å². The second-order valence-electron chi connectivity index (χ2n) is 4.95. The molecule has 1 aromatic rings. The summed E-state index contributed by atoms with van der Waals surface area (Å²) >= 11 is 1.19. The Hall–Kier alpha value is -1.83. The van der Waals surface area contributed by atoms with Crippen LogP contribution in [0, 0.1) is 12.3 Å². The van der Waals surface area contributed by atoms with Crippen LogP contribution in [0.5, 0.6) is 0 Å². The molecule has 0 spiro atoms. The number of rotatable bonds is 6. The highest BCUT2D eigenvalue weighted by Crippen LogP contribution is 2.21. The molecule has 8 heteroatoms. The van der Waals surface area contributed by atoms with E-state index in [0.717, 1.165) is 0 Å². The van der Waals surface area contributed by atoms with E-state index in [0.29, 0.717) is 17.1 Å². The fraction of sp³-hybridized carbons (Fsp3) is 0.538. The van der Waals surface area contributed by atoms with Crippen molar-refractivity contribution in [3.63, 3.8) is 0 Å². The van der Waals surface area contributed by atoms with Gasteiger partial charge in [0.2, 0.25) is 0 Å². The van der Waals surface area contributed by atoms with Crippen LogP contribution in [0.15, 0.2) is 9.82 Å². The van der Waals surface area contributed by atoms with Gasteiger partial charge in [-0.2, -0.15) is 4.98 Å². The average molecular weight is 313 g/mol. The third-order valence-electron chi connectivity index (χ3n) is 3.44. The highest BCUT2D eigenvalue weighted by molar-refractivity contribution is 7.98. The summed E-state index contributed by atoms with van der Waals surface area (Å²) < 4.78 is 0. The van der Waals surface area contributed by atoms with Crippen molar-refractivity contribution in [3.05, 3.63) is 21.7 Å².